The van der Waals surface area contributed by atoms with Crippen LogP contribution < -0.4 is 0 Å². The molecule has 0 amide bonds. The van der Waals surface area contributed by atoms with Gasteiger partial charge in [-0.1, -0.05) is 48.5 Å². The molecule has 0 spiro atoms. The van der Waals surface area contributed by atoms with Crippen molar-refractivity contribution in [2.24, 2.45) is 0 Å². The van der Waals surface area contributed by atoms with Crippen molar-refractivity contribution in [3.8, 4) is 0 Å². The lowest BCUT2D eigenvalue weighted by molar-refractivity contribution is -0.0689. The SMILES string of the molecule is C/C=C(\c1cccc2ccccc12)C(F)(F)F. The maximum atomic E-state index is 12.9. The van der Waals surface area contributed by atoms with Crippen molar-refractivity contribution >= 4 is 16.3 Å². The Labute approximate surface area is 97.4 Å². The van der Waals surface area contributed by atoms with Crippen LogP contribution in [0.1, 0.15) is 12.5 Å². The molecule has 0 atom stereocenters. The lowest BCUT2D eigenvalue weighted by atomic mass is 9.98. The van der Waals surface area contributed by atoms with Gasteiger partial charge in [0.25, 0.3) is 0 Å². The maximum absolute atomic E-state index is 12.9. The molecule has 0 aliphatic heterocycles. The van der Waals surface area contributed by atoms with Crippen LogP contribution in [0.5, 0.6) is 0 Å². The van der Waals surface area contributed by atoms with Gasteiger partial charge in [0, 0.05) is 0 Å². The van der Waals surface area contributed by atoms with Crippen molar-refractivity contribution in [2.45, 2.75) is 13.1 Å². The minimum Gasteiger partial charge on any atom is -0.166 e. The minimum atomic E-state index is -4.32. The van der Waals surface area contributed by atoms with E-state index in [9.17, 15) is 13.2 Å². The molecule has 0 radical (unpaired) electrons. The van der Waals surface area contributed by atoms with Gasteiger partial charge >= 0.3 is 6.18 Å². The Hall–Kier alpha value is -1.77. The van der Waals surface area contributed by atoms with E-state index in [-0.39, 0.29) is 5.56 Å². The molecule has 2 rings (SSSR count). The number of fused-ring (bicyclic) bond motifs is 1. The number of rotatable bonds is 1. The molecule has 0 bridgehead atoms. The van der Waals surface area contributed by atoms with Gasteiger partial charge in [-0.15, -0.1) is 0 Å². The molecule has 17 heavy (non-hydrogen) atoms. The van der Waals surface area contributed by atoms with E-state index in [0.717, 1.165) is 11.5 Å². The molecule has 2 aromatic carbocycles. The van der Waals surface area contributed by atoms with Crippen molar-refractivity contribution < 1.29 is 13.2 Å². The second-order valence-corrected chi connectivity index (χ2v) is 3.73. The van der Waals surface area contributed by atoms with Gasteiger partial charge in [0.1, 0.15) is 0 Å². The molecule has 0 nitrogen and oxygen atoms in total. The Bertz CT molecular complexity index is 560. The van der Waals surface area contributed by atoms with Crippen LogP contribution in [0.4, 0.5) is 13.2 Å². The van der Waals surface area contributed by atoms with Crippen molar-refractivity contribution in [1.82, 2.24) is 0 Å². The third kappa shape index (κ3) is 2.18. The first kappa shape index (κ1) is 11.7. The van der Waals surface area contributed by atoms with Crippen LogP contribution in [0.25, 0.3) is 16.3 Å². The molecule has 0 aromatic heterocycles. The quantitative estimate of drug-likeness (QED) is 0.666. The predicted molar refractivity (Wildman–Crippen MR) is 63.7 cm³/mol. The summed E-state index contributed by atoms with van der Waals surface area (Å²) in [6.45, 7) is 1.41. The third-order valence-corrected chi connectivity index (χ3v) is 2.67. The molecular formula is C14H11F3. The Morgan fingerprint density at radius 2 is 1.65 bits per heavy atom. The van der Waals surface area contributed by atoms with E-state index < -0.39 is 11.7 Å². The summed E-state index contributed by atoms with van der Waals surface area (Å²) in [6, 6.07) is 12.0. The molecule has 88 valence electrons. The molecule has 0 N–H and O–H groups in total. The smallest absolute Gasteiger partial charge is 0.166 e. The summed E-state index contributed by atoms with van der Waals surface area (Å²) < 4.78 is 38.6. The largest absolute Gasteiger partial charge is 0.416 e. The lowest BCUT2D eigenvalue weighted by Crippen LogP contribution is -2.10. The first-order chi connectivity index (χ1) is 8.04. The first-order valence-corrected chi connectivity index (χ1v) is 5.25. The highest BCUT2D eigenvalue weighted by atomic mass is 19.4. The van der Waals surface area contributed by atoms with E-state index in [2.05, 4.69) is 0 Å². The second kappa shape index (κ2) is 4.24. The topological polar surface area (TPSA) is 0 Å². The fourth-order valence-corrected chi connectivity index (χ4v) is 1.93. The zero-order valence-electron chi connectivity index (χ0n) is 9.25. The van der Waals surface area contributed by atoms with E-state index in [0.29, 0.717) is 5.39 Å². The van der Waals surface area contributed by atoms with Crippen LogP contribution in [0, 0.1) is 0 Å². The number of alkyl halides is 3. The third-order valence-electron chi connectivity index (χ3n) is 2.67. The average molecular weight is 236 g/mol. The van der Waals surface area contributed by atoms with Crippen molar-refractivity contribution in [3.63, 3.8) is 0 Å². The molecule has 0 saturated carbocycles. The standard InChI is InChI=1S/C14H11F3/c1-2-13(14(15,16)17)12-9-5-7-10-6-3-4-8-11(10)12/h2-9H,1H3/b13-2+. The van der Waals surface area contributed by atoms with Crippen molar-refractivity contribution in [1.29, 1.82) is 0 Å². The average Bonchev–Trinajstić information content (AvgIpc) is 2.28. The molecule has 0 unspecified atom stereocenters. The van der Waals surface area contributed by atoms with Crippen LogP contribution in [0.15, 0.2) is 48.5 Å². The van der Waals surface area contributed by atoms with Crippen LogP contribution >= 0.6 is 0 Å². The number of halogens is 3. The number of allylic oxidation sites excluding steroid dienone is 2. The highest BCUT2D eigenvalue weighted by Gasteiger charge is 2.34. The van der Waals surface area contributed by atoms with Gasteiger partial charge < -0.3 is 0 Å². The molecule has 3 heteroatoms. The Balaban J connectivity index is 2.71. The molecule has 0 aliphatic rings. The van der Waals surface area contributed by atoms with E-state index in [1.807, 2.05) is 18.2 Å². The number of hydrogen-bond acceptors (Lipinski definition) is 0. The number of benzene rings is 2. The molecule has 0 fully saturated rings. The maximum Gasteiger partial charge on any atom is 0.416 e. The summed E-state index contributed by atoms with van der Waals surface area (Å²) in [6.07, 6.45) is -3.21. The van der Waals surface area contributed by atoms with Gasteiger partial charge in [-0.25, -0.2) is 0 Å². The van der Waals surface area contributed by atoms with Crippen LogP contribution in [-0.2, 0) is 0 Å². The van der Waals surface area contributed by atoms with Crippen molar-refractivity contribution in [2.75, 3.05) is 0 Å². The Kier molecular flexibility index (Phi) is 2.92. The van der Waals surface area contributed by atoms with E-state index in [1.54, 1.807) is 18.2 Å². The Morgan fingerprint density at radius 1 is 1.00 bits per heavy atom. The summed E-state index contributed by atoms with van der Waals surface area (Å²) in [5.41, 5.74) is -0.354. The van der Waals surface area contributed by atoms with Crippen LogP contribution in [0.2, 0.25) is 0 Å². The second-order valence-electron chi connectivity index (χ2n) is 3.73. The van der Waals surface area contributed by atoms with Gasteiger partial charge in [-0.3, -0.25) is 0 Å². The molecule has 0 aliphatic carbocycles. The highest BCUT2D eigenvalue weighted by Crippen LogP contribution is 2.36. The molecule has 2 aromatic rings. The van der Waals surface area contributed by atoms with Gasteiger partial charge in [0.15, 0.2) is 0 Å². The summed E-state index contributed by atoms with van der Waals surface area (Å²) in [7, 11) is 0. The molecule has 0 saturated heterocycles. The predicted octanol–water partition coefficient (Wildman–Crippen LogP) is 4.81. The van der Waals surface area contributed by atoms with Gasteiger partial charge in [0.2, 0.25) is 0 Å². The number of hydrogen-bond donors (Lipinski definition) is 0. The summed E-state index contributed by atoms with van der Waals surface area (Å²) in [5.74, 6) is 0. The summed E-state index contributed by atoms with van der Waals surface area (Å²) in [4.78, 5) is 0. The summed E-state index contributed by atoms with van der Waals surface area (Å²) in [5, 5.41) is 1.44. The fourth-order valence-electron chi connectivity index (χ4n) is 1.93. The van der Waals surface area contributed by atoms with Crippen LogP contribution in [-0.4, -0.2) is 6.18 Å². The van der Waals surface area contributed by atoms with Gasteiger partial charge in [-0.05, 0) is 23.3 Å². The lowest BCUT2D eigenvalue weighted by Gasteiger charge is -2.13. The monoisotopic (exact) mass is 236 g/mol. The van der Waals surface area contributed by atoms with E-state index in [4.69, 9.17) is 0 Å². The minimum absolute atomic E-state index is 0.234. The van der Waals surface area contributed by atoms with E-state index in [1.165, 1.54) is 13.0 Å². The van der Waals surface area contributed by atoms with Crippen molar-refractivity contribution in [3.05, 3.63) is 54.1 Å². The molecular weight excluding hydrogens is 225 g/mol. The fraction of sp³-hybridized carbons (Fsp3) is 0.143. The summed E-state index contributed by atoms with van der Waals surface area (Å²) >= 11 is 0. The van der Waals surface area contributed by atoms with Gasteiger partial charge in [-0.2, -0.15) is 13.2 Å². The Morgan fingerprint density at radius 3 is 2.29 bits per heavy atom. The zero-order valence-corrected chi connectivity index (χ0v) is 9.25. The zero-order chi connectivity index (χ0) is 12.5. The van der Waals surface area contributed by atoms with E-state index >= 15 is 0 Å². The first-order valence-electron chi connectivity index (χ1n) is 5.25. The molecule has 0 heterocycles. The normalized spacial score (nSPS) is 13.1. The van der Waals surface area contributed by atoms with Crippen LogP contribution in [0.3, 0.4) is 0 Å². The van der Waals surface area contributed by atoms with Gasteiger partial charge in [0.05, 0.1) is 5.57 Å². The highest BCUT2D eigenvalue weighted by molar-refractivity contribution is 5.94.